The summed E-state index contributed by atoms with van der Waals surface area (Å²) in [4.78, 5) is 34.2. The Balaban J connectivity index is 1.36. The van der Waals surface area contributed by atoms with Crippen LogP contribution in [0.15, 0.2) is 46.0 Å². The van der Waals surface area contributed by atoms with Gasteiger partial charge in [-0.3, -0.25) is 9.79 Å². The number of sulfonamides is 1. The topological polar surface area (TPSA) is 127 Å². The van der Waals surface area contributed by atoms with Crippen molar-refractivity contribution in [1.29, 1.82) is 0 Å². The van der Waals surface area contributed by atoms with Crippen LogP contribution < -0.4 is 5.32 Å². The molecule has 2 aliphatic heterocycles. The summed E-state index contributed by atoms with van der Waals surface area (Å²) in [5.74, 6) is -1.22. The number of thiazole rings is 1. The van der Waals surface area contributed by atoms with Gasteiger partial charge in [-0.2, -0.15) is 0 Å². The molecule has 2 aromatic rings. The third-order valence-corrected chi connectivity index (χ3v) is 11.6. The van der Waals surface area contributed by atoms with Gasteiger partial charge in [0.05, 0.1) is 31.5 Å². The molecule has 5 rings (SSSR count). The van der Waals surface area contributed by atoms with Crippen LogP contribution in [-0.4, -0.2) is 68.5 Å². The van der Waals surface area contributed by atoms with Crippen LogP contribution in [-0.2, 0) is 29.1 Å². The van der Waals surface area contributed by atoms with Gasteiger partial charge in [0.15, 0.2) is 10.8 Å². The molecule has 14 heteroatoms. The molecule has 1 aromatic heterocycles. The summed E-state index contributed by atoms with van der Waals surface area (Å²) in [5, 5.41) is 5.85. The number of carbonyl (C=O) groups is 2. The molecule has 1 saturated heterocycles. The monoisotopic (exact) mass is 652 g/mol. The normalized spacial score (nSPS) is 23.8. The van der Waals surface area contributed by atoms with Crippen LogP contribution in [0, 0.1) is 23.6 Å². The smallest absolute Gasteiger partial charge is 0.338 e. The van der Waals surface area contributed by atoms with Gasteiger partial charge in [0, 0.05) is 46.9 Å². The molecule has 2 fully saturated rings. The fourth-order valence-electron chi connectivity index (χ4n) is 6.18. The number of aromatic nitrogens is 1. The van der Waals surface area contributed by atoms with E-state index in [1.54, 1.807) is 6.20 Å². The van der Waals surface area contributed by atoms with Crippen LogP contribution in [0.25, 0.3) is 0 Å². The predicted octanol–water partition coefficient (Wildman–Crippen LogP) is 4.48. The van der Waals surface area contributed by atoms with Crippen molar-refractivity contribution in [3.63, 3.8) is 0 Å². The van der Waals surface area contributed by atoms with Crippen LogP contribution in [0.2, 0.25) is 5.02 Å². The molecule has 0 bridgehead atoms. The average Bonchev–Trinajstić information content (AvgIpc) is 3.55. The Morgan fingerprint density at radius 1 is 1.12 bits per heavy atom. The Labute approximate surface area is 259 Å². The molecule has 3 aliphatic rings. The van der Waals surface area contributed by atoms with Crippen molar-refractivity contribution in [2.75, 3.05) is 33.1 Å². The summed E-state index contributed by atoms with van der Waals surface area (Å²) in [6.45, 7) is 0.575. The quantitative estimate of drug-likeness (QED) is 0.414. The summed E-state index contributed by atoms with van der Waals surface area (Å²) in [7, 11) is -0.863. The number of piperidine rings is 1. The third kappa shape index (κ3) is 6.95. The molecule has 1 N–H and O–H groups in total. The molecule has 0 spiro atoms. The summed E-state index contributed by atoms with van der Waals surface area (Å²) in [6, 6.07) is 3.07. The van der Waals surface area contributed by atoms with Crippen LogP contribution in [0.1, 0.15) is 55.1 Å². The number of carbonyl (C=O) groups excluding carboxylic acids is 2. The van der Waals surface area contributed by atoms with E-state index in [2.05, 4.69) is 10.3 Å². The number of amidine groups is 1. The van der Waals surface area contributed by atoms with Crippen molar-refractivity contribution in [2.24, 2.45) is 22.7 Å². The second-order valence-corrected chi connectivity index (χ2v) is 14.3. The van der Waals surface area contributed by atoms with E-state index in [0.29, 0.717) is 60.6 Å². The lowest BCUT2D eigenvalue weighted by Crippen LogP contribution is -2.44. The molecule has 1 atom stereocenters. The van der Waals surface area contributed by atoms with Crippen LogP contribution in [0.3, 0.4) is 0 Å². The zero-order chi connectivity index (χ0) is 30.7. The van der Waals surface area contributed by atoms with Gasteiger partial charge in [-0.25, -0.2) is 26.9 Å². The highest BCUT2D eigenvalue weighted by Gasteiger charge is 2.39. The van der Waals surface area contributed by atoms with Gasteiger partial charge in [-0.15, -0.1) is 11.3 Å². The lowest BCUT2D eigenvalue weighted by Gasteiger charge is -2.37. The number of halogens is 2. The molecular weight excluding hydrogens is 619 g/mol. The number of hydrogen-bond acceptors (Lipinski definition) is 10. The highest BCUT2D eigenvalue weighted by atomic mass is 35.5. The lowest BCUT2D eigenvalue weighted by molar-refractivity contribution is -0.146. The highest BCUT2D eigenvalue weighted by molar-refractivity contribution is 7.89. The second kappa shape index (κ2) is 13.4. The van der Waals surface area contributed by atoms with Gasteiger partial charge in [-0.1, -0.05) is 17.7 Å². The SMILES string of the molecule is COC(=O)C1=C(C2CCN(S(=O)(=O)CC3CCC(C(=O)OC)CC3)CC2)NC(c2nccs2)=NC1c1ccc(F)cc1Cl. The third-order valence-electron chi connectivity index (χ3n) is 8.46. The molecule has 3 heterocycles. The number of nitrogens with zero attached hydrogens (tertiary/aromatic N) is 3. The van der Waals surface area contributed by atoms with Gasteiger partial charge >= 0.3 is 11.9 Å². The molecular formula is C29H34ClFN4O6S2. The van der Waals surface area contributed by atoms with Crippen molar-refractivity contribution in [2.45, 2.75) is 44.6 Å². The maximum atomic E-state index is 13.9. The van der Waals surface area contributed by atoms with Crippen molar-refractivity contribution >= 4 is 50.7 Å². The van der Waals surface area contributed by atoms with Crippen LogP contribution >= 0.6 is 22.9 Å². The summed E-state index contributed by atoms with van der Waals surface area (Å²) < 4.78 is 52.3. The minimum atomic E-state index is -3.52. The van der Waals surface area contributed by atoms with E-state index in [4.69, 9.17) is 26.1 Å². The number of hydrogen-bond donors (Lipinski definition) is 1. The van der Waals surface area contributed by atoms with Gasteiger partial charge in [0.25, 0.3) is 0 Å². The van der Waals surface area contributed by atoms with Crippen molar-refractivity contribution < 1.29 is 31.9 Å². The van der Waals surface area contributed by atoms with Gasteiger partial charge in [0.1, 0.15) is 11.9 Å². The van der Waals surface area contributed by atoms with Crippen molar-refractivity contribution in [3.8, 4) is 0 Å². The number of benzene rings is 1. The molecule has 1 aliphatic carbocycles. The maximum Gasteiger partial charge on any atom is 0.338 e. The summed E-state index contributed by atoms with van der Waals surface area (Å²) in [6.07, 6.45) is 5.18. The molecule has 1 saturated carbocycles. The standard InChI is InChI=1S/C29H34ClFN4O6S2/c1-40-28(36)19-5-3-17(4-6-19)16-43(38,39)35-12-9-18(10-13-35)24-23(29(37)41-2)25(21-8-7-20(31)15-22(21)30)34-26(33-24)27-32-11-14-42-27/h7-8,11,14-15,17-19,25H,3-6,9-10,12-13,16H2,1-2H3,(H,33,34). The highest BCUT2D eigenvalue weighted by Crippen LogP contribution is 2.40. The van der Waals surface area contributed by atoms with Crippen LogP contribution in [0.5, 0.6) is 0 Å². The van der Waals surface area contributed by atoms with Crippen LogP contribution in [0.4, 0.5) is 4.39 Å². The second-order valence-electron chi connectivity index (χ2n) is 11.0. The first-order valence-corrected chi connectivity index (χ1v) is 17.1. The van der Waals surface area contributed by atoms with Gasteiger partial charge in [-0.05, 0) is 56.6 Å². The van der Waals surface area contributed by atoms with E-state index in [1.807, 2.05) is 5.38 Å². The fraction of sp³-hybridized carbons (Fsp3) is 0.517. The van der Waals surface area contributed by atoms with E-state index in [0.717, 1.165) is 0 Å². The number of ether oxygens (including phenoxy) is 2. The Kier molecular flexibility index (Phi) is 9.84. The molecule has 1 unspecified atom stereocenters. The van der Waals surface area contributed by atoms with E-state index in [1.165, 1.54) is 48.1 Å². The van der Waals surface area contributed by atoms with Gasteiger partial charge < -0.3 is 14.8 Å². The summed E-state index contributed by atoms with van der Waals surface area (Å²) in [5.41, 5.74) is 1.27. The van der Waals surface area contributed by atoms with E-state index in [9.17, 15) is 22.4 Å². The minimum absolute atomic E-state index is 0.00411. The first kappa shape index (κ1) is 31.6. The number of rotatable bonds is 8. The largest absolute Gasteiger partial charge is 0.469 e. The van der Waals surface area contributed by atoms with Crippen molar-refractivity contribution in [3.05, 3.63) is 62.5 Å². The molecule has 232 valence electrons. The molecule has 10 nitrogen and oxygen atoms in total. The molecule has 1 aromatic carbocycles. The first-order valence-electron chi connectivity index (χ1n) is 14.2. The van der Waals surface area contributed by atoms with E-state index < -0.39 is 27.9 Å². The number of aliphatic imine (C=N–C) groups is 1. The molecule has 0 amide bonds. The van der Waals surface area contributed by atoms with Gasteiger partial charge in [0.2, 0.25) is 10.0 Å². The maximum absolute atomic E-state index is 13.9. The number of esters is 2. The Morgan fingerprint density at radius 2 is 1.84 bits per heavy atom. The number of methoxy groups -OCH3 is 2. The zero-order valence-corrected chi connectivity index (χ0v) is 26.3. The van der Waals surface area contributed by atoms with Crippen molar-refractivity contribution in [1.82, 2.24) is 14.6 Å². The predicted molar refractivity (Wildman–Crippen MR) is 161 cm³/mol. The lowest BCUT2D eigenvalue weighted by atomic mass is 9.83. The summed E-state index contributed by atoms with van der Waals surface area (Å²) >= 11 is 7.82. The number of allylic oxidation sites excluding steroid dienone is 1. The van der Waals surface area contributed by atoms with E-state index >= 15 is 0 Å². The Morgan fingerprint density at radius 3 is 2.44 bits per heavy atom. The average molecular weight is 653 g/mol. The fourth-order valence-corrected chi connectivity index (χ4v) is 8.94. The molecule has 0 radical (unpaired) electrons. The number of nitrogens with one attached hydrogen (secondary N) is 1. The Hall–Kier alpha value is -2.87. The zero-order valence-electron chi connectivity index (χ0n) is 23.9. The minimum Gasteiger partial charge on any atom is -0.469 e. The van der Waals surface area contributed by atoms with E-state index in [-0.39, 0.29) is 53.2 Å². The molecule has 43 heavy (non-hydrogen) atoms. The first-order chi connectivity index (χ1) is 20.6. The Bertz CT molecular complexity index is 1520.